The normalized spacial score (nSPS) is 11.5. The van der Waals surface area contributed by atoms with E-state index in [1.807, 2.05) is 48.7 Å². The Hall–Kier alpha value is -2.24. The van der Waals surface area contributed by atoms with Gasteiger partial charge in [0.25, 0.3) is 0 Å². The van der Waals surface area contributed by atoms with Crippen LogP contribution >= 0.6 is 22.9 Å². The second-order valence-corrected chi connectivity index (χ2v) is 5.89. The molecule has 3 aromatic rings. The van der Waals surface area contributed by atoms with Crippen molar-refractivity contribution in [2.24, 2.45) is 5.10 Å². The summed E-state index contributed by atoms with van der Waals surface area (Å²) in [5, 5.41) is 7.79. The lowest BCUT2D eigenvalue weighted by molar-refractivity contribution is 1.26. The molecule has 0 aliphatic carbocycles. The topological polar surface area (TPSA) is 50.2 Å². The summed E-state index contributed by atoms with van der Waals surface area (Å²) in [6.07, 6.45) is 3.52. The molecule has 1 N–H and O–H groups in total. The molecule has 0 bridgehead atoms. The van der Waals surface area contributed by atoms with E-state index in [1.54, 1.807) is 12.4 Å². The molecule has 0 unspecified atom stereocenters. The minimum absolute atomic E-state index is 0.717. The summed E-state index contributed by atoms with van der Waals surface area (Å²) in [4.78, 5) is 8.60. The van der Waals surface area contributed by atoms with E-state index < -0.39 is 0 Å². The van der Waals surface area contributed by atoms with E-state index in [1.165, 1.54) is 11.3 Å². The summed E-state index contributed by atoms with van der Waals surface area (Å²) in [7, 11) is 0. The summed E-state index contributed by atoms with van der Waals surface area (Å²) in [5.74, 6) is 0. The van der Waals surface area contributed by atoms with E-state index in [-0.39, 0.29) is 0 Å². The van der Waals surface area contributed by atoms with Gasteiger partial charge >= 0.3 is 0 Å². The monoisotopic (exact) mass is 328 g/mol. The van der Waals surface area contributed by atoms with Crippen molar-refractivity contribution in [2.45, 2.75) is 6.92 Å². The zero-order valence-electron chi connectivity index (χ0n) is 11.8. The Balaban J connectivity index is 1.73. The number of anilines is 1. The molecule has 3 rings (SSSR count). The molecule has 2 heterocycles. The number of halogens is 1. The highest BCUT2D eigenvalue weighted by molar-refractivity contribution is 7.14. The van der Waals surface area contributed by atoms with Crippen LogP contribution in [0.15, 0.2) is 59.3 Å². The number of hydrogen-bond donors (Lipinski definition) is 1. The first-order valence-corrected chi connectivity index (χ1v) is 7.90. The molecule has 0 atom stereocenters. The Labute approximate surface area is 137 Å². The van der Waals surface area contributed by atoms with Crippen molar-refractivity contribution in [1.82, 2.24) is 9.97 Å². The Morgan fingerprint density at radius 2 is 2.05 bits per heavy atom. The zero-order chi connectivity index (χ0) is 15.4. The number of nitrogens with zero attached hydrogens (tertiary/aromatic N) is 3. The number of thiazole rings is 1. The van der Waals surface area contributed by atoms with Gasteiger partial charge in [-0.25, -0.2) is 4.98 Å². The van der Waals surface area contributed by atoms with Gasteiger partial charge in [0, 0.05) is 33.9 Å². The lowest BCUT2D eigenvalue weighted by Crippen LogP contribution is -1.99. The van der Waals surface area contributed by atoms with Gasteiger partial charge in [0.15, 0.2) is 0 Å². The van der Waals surface area contributed by atoms with E-state index in [0.717, 1.165) is 27.7 Å². The van der Waals surface area contributed by atoms with Crippen molar-refractivity contribution in [1.29, 1.82) is 0 Å². The van der Waals surface area contributed by atoms with Gasteiger partial charge in [-0.2, -0.15) is 5.10 Å². The van der Waals surface area contributed by atoms with Gasteiger partial charge in [0.05, 0.1) is 11.4 Å². The molecular weight excluding hydrogens is 316 g/mol. The van der Waals surface area contributed by atoms with Crippen LogP contribution < -0.4 is 5.43 Å². The summed E-state index contributed by atoms with van der Waals surface area (Å²) < 4.78 is 0. The van der Waals surface area contributed by atoms with Crippen molar-refractivity contribution in [3.05, 3.63) is 64.8 Å². The van der Waals surface area contributed by atoms with Gasteiger partial charge < -0.3 is 0 Å². The van der Waals surface area contributed by atoms with Gasteiger partial charge in [-0.3, -0.25) is 10.4 Å². The quantitative estimate of drug-likeness (QED) is 0.558. The third-order valence-electron chi connectivity index (χ3n) is 3.04. The lowest BCUT2D eigenvalue weighted by atomic mass is 10.2. The van der Waals surface area contributed by atoms with Crippen LogP contribution in [0.5, 0.6) is 0 Å². The number of nitrogens with one attached hydrogen (secondary N) is 1. The van der Waals surface area contributed by atoms with Crippen LogP contribution in [0, 0.1) is 0 Å². The molecule has 0 aliphatic heterocycles. The number of aromatic nitrogens is 2. The maximum Gasteiger partial charge on any atom is 0.203 e. The minimum atomic E-state index is 0.717. The predicted molar refractivity (Wildman–Crippen MR) is 92.6 cm³/mol. The van der Waals surface area contributed by atoms with E-state index in [0.29, 0.717) is 5.02 Å². The smallest absolute Gasteiger partial charge is 0.203 e. The average molecular weight is 329 g/mol. The zero-order valence-corrected chi connectivity index (χ0v) is 13.4. The van der Waals surface area contributed by atoms with Crippen LogP contribution in [0.25, 0.3) is 11.3 Å². The Bertz CT molecular complexity index is 781. The molecule has 0 amide bonds. The van der Waals surface area contributed by atoms with Gasteiger partial charge in [-0.1, -0.05) is 29.8 Å². The molecule has 4 nitrogen and oxygen atoms in total. The molecule has 22 heavy (non-hydrogen) atoms. The number of rotatable bonds is 4. The van der Waals surface area contributed by atoms with Crippen LogP contribution in [-0.2, 0) is 0 Å². The Morgan fingerprint density at radius 3 is 2.77 bits per heavy atom. The van der Waals surface area contributed by atoms with Crippen molar-refractivity contribution in [2.75, 3.05) is 5.43 Å². The van der Waals surface area contributed by atoms with E-state index in [4.69, 9.17) is 11.6 Å². The number of pyridine rings is 1. The molecule has 110 valence electrons. The molecule has 0 aliphatic rings. The second kappa shape index (κ2) is 6.68. The van der Waals surface area contributed by atoms with Crippen LogP contribution in [-0.4, -0.2) is 15.7 Å². The van der Waals surface area contributed by atoms with E-state index in [9.17, 15) is 0 Å². The maximum absolute atomic E-state index is 5.89. The van der Waals surface area contributed by atoms with Crippen LogP contribution in [0.1, 0.15) is 12.5 Å². The third kappa shape index (κ3) is 3.50. The van der Waals surface area contributed by atoms with Gasteiger partial charge in [0.1, 0.15) is 0 Å². The fourth-order valence-corrected chi connectivity index (χ4v) is 2.64. The second-order valence-electron chi connectivity index (χ2n) is 4.60. The Kier molecular flexibility index (Phi) is 4.46. The molecule has 1 aromatic carbocycles. The predicted octanol–water partition coefficient (Wildman–Crippen LogP) is 4.69. The lowest BCUT2D eigenvalue weighted by Gasteiger charge is -2.00. The first-order chi connectivity index (χ1) is 10.7. The highest BCUT2D eigenvalue weighted by atomic mass is 35.5. The Morgan fingerprint density at radius 1 is 1.23 bits per heavy atom. The van der Waals surface area contributed by atoms with Gasteiger partial charge in [-0.15, -0.1) is 11.3 Å². The summed E-state index contributed by atoms with van der Waals surface area (Å²) in [5.41, 5.74) is 6.75. The first-order valence-electron chi connectivity index (χ1n) is 6.64. The molecule has 6 heteroatoms. The standard InChI is InChI=1S/C16H13ClN4S/c1-11(13-3-2-8-18-9-13)20-21-16-19-15(10-22-16)12-4-6-14(17)7-5-12/h2-10H,1H3,(H,19,21)/b20-11-. The van der Waals surface area contributed by atoms with Crippen molar-refractivity contribution >= 4 is 33.8 Å². The third-order valence-corrected chi connectivity index (χ3v) is 4.04. The maximum atomic E-state index is 5.89. The highest BCUT2D eigenvalue weighted by Gasteiger charge is 2.04. The average Bonchev–Trinajstić information content (AvgIpc) is 3.03. The van der Waals surface area contributed by atoms with E-state index >= 15 is 0 Å². The number of benzene rings is 1. The SMILES string of the molecule is C/C(=N/Nc1nc(-c2ccc(Cl)cc2)cs1)c1cccnc1. The molecule has 2 aromatic heterocycles. The van der Waals surface area contributed by atoms with Crippen molar-refractivity contribution < 1.29 is 0 Å². The molecule has 0 radical (unpaired) electrons. The van der Waals surface area contributed by atoms with Gasteiger partial charge in [0.2, 0.25) is 5.13 Å². The molecular formula is C16H13ClN4S. The summed E-state index contributed by atoms with van der Waals surface area (Å²) in [6, 6.07) is 11.5. The van der Waals surface area contributed by atoms with Crippen molar-refractivity contribution in [3.63, 3.8) is 0 Å². The van der Waals surface area contributed by atoms with Crippen LogP contribution in [0.2, 0.25) is 5.02 Å². The van der Waals surface area contributed by atoms with E-state index in [2.05, 4.69) is 20.5 Å². The summed E-state index contributed by atoms with van der Waals surface area (Å²) >= 11 is 7.40. The van der Waals surface area contributed by atoms with Gasteiger partial charge in [-0.05, 0) is 25.1 Å². The molecule has 0 saturated heterocycles. The molecule has 0 fully saturated rings. The number of hydrazone groups is 1. The minimum Gasteiger partial charge on any atom is -0.264 e. The van der Waals surface area contributed by atoms with Crippen molar-refractivity contribution in [3.8, 4) is 11.3 Å². The molecule has 0 saturated carbocycles. The van der Waals surface area contributed by atoms with Crippen LogP contribution in [0.4, 0.5) is 5.13 Å². The first kappa shape index (κ1) is 14.7. The highest BCUT2D eigenvalue weighted by Crippen LogP contribution is 2.26. The largest absolute Gasteiger partial charge is 0.264 e. The molecule has 0 spiro atoms. The fraction of sp³-hybridized carbons (Fsp3) is 0.0625. The van der Waals surface area contributed by atoms with Crippen LogP contribution in [0.3, 0.4) is 0 Å². The number of hydrogen-bond acceptors (Lipinski definition) is 5. The fourth-order valence-electron chi connectivity index (χ4n) is 1.85. The summed E-state index contributed by atoms with van der Waals surface area (Å²) in [6.45, 7) is 1.93.